The Morgan fingerprint density at radius 2 is 2.00 bits per heavy atom. The van der Waals surface area contributed by atoms with Gasteiger partial charge in [0.05, 0.1) is 4.87 Å². The maximum absolute atomic E-state index is 10.6. The van der Waals surface area contributed by atoms with Crippen molar-refractivity contribution in [3.8, 4) is 5.75 Å². The highest BCUT2D eigenvalue weighted by molar-refractivity contribution is 6.23. The summed E-state index contributed by atoms with van der Waals surface area (Å²) in [5.41, 5.74) is 0. The third kappa shape index (κ3) is 3.88. The third-order valence-corrected chi connectivity index (χ3v) is 2.32. The summed E-state index contributed by atoms with van der Waals surface area (Å²) in [7, 11) is 0. The monoisotopic (exact) mass is 227 g/mol. The topological polar surface area (TPSA) is 38.7 Å². The SMILES string of the molecule is CC(C)(Cl)C(COc1ccccc1)N=O. The molecule has 0 radical (unpaired) electrons. The van der Waals surface area contributed by atoms with Gasteiger partial charge in [0.1, 0.15) is 18.4 Å². The van der Waals surface area contributed by atoms with E-state index >= 15 is 0 Å². The fraction of sp³-hybridized carbons (Fsp3) is 0.455. The van der Waals surface area contributed by atoms with Crippen LogP contribution in [0.3, 0.4) is 0 Å². The lowest BCUT2D eigenvalue weighted by Gasteiger charge is -2.21. The molecule has 0 heterocycles. The maximum atomic E-state index is 10.6. The number of hydrogen-bond acceptors (Lipinski definition) is 3. The highest BCUT2D eigenvalue weighted by Gasteiger charge is 2.28. The molecule has 0 amide bonds. The van der Waals surface area contributed by atoms with E-state index in [4.69, 9.17) is 16.3 Å². The second kappa shape index (κ2) is 5.12. The van der Waals surface area contributed by atoms with E-state index in [1.54, 1.807) is 13.8 Å². The molecule has 4 heteroatoms. The molecule has 0 fully saturated rings. The molecule has 1 aromatic carbocycles. The fourth-order valence-electron chi connectivity index (χ4n) is 1.05. The van der Waals surface area contributed by atoms with Crippen molar-refractivity contribution >= 4 is 11.6 Å². The van der Waals surface area contributed by atoms with E-state index in [0.29, 0.717) is 5.75 Å². The molecule has 1 atom stereocenters. The molecule has 0 saturated carbocycles. The van der Waals surface area contributed by atoms with Crippen LogP contribution in [0, 0.1) is 4.91 Å². The van der Waals surface area contributed by atoms with Gasteiger partial charge < -0.3 is 4.74 Å². The first kappa shape index (κ1) is 12.0. The fourth-order valence-corrected chi connectivity index (χ4v) is 1.15. The van der Waals surface area contributed by atoms with Gasteiger partial charge in [-0.3, -0.25) is 0 Å². The van der Waals surface area contributed by atoms with E-state index in [0.717, 1.165) is 0 Å². The molecule has 0 saturated heterocycles. The zero-order chi connectivity index (χ0) is 11.3. The number of nitrogens with zero attached hydrogens (tertiary/aromatic N) is 1. The molecule has 1 aromatic rings. The van der Waals surface area contributed by atoms with Gasteiger partial charge in [0.25, 0.3) is 0 Å². The Balaban J connectivity index is 2.52. The average molecular weight is 228 g/mol. The Morgan fingerprint density at radius 3 is 2.47 bits per heavy atom. The van der Waals surface area contributed by atoms with Gasteiger partial charge in [-0.25, -0.2) is 0 Å². The van der Waals surface area contributed by atoms with Crippen molar-refractivity contribution in [3.05, 3.63) is 35.2 Å². The van der Waals surface area contributed by atoms with Crippen LogP contribution < -0.4 is 4.74 Å². The van der Waals surface area contributed by atoms with Crippen molar-refractivity contribution in [1.82, 2.24) is 0 Å². The molecular formula is C11H14ClNO2. The van der Waals surface area contributed by atoms with Crippen LogP contribution in [-0.2, 0) is 0 Å². The molecule has 0 aliphatic carbocycles. The minimum absolute atomic E-state index is 0.198. The lowest BCUT2D eigenvalue weighted by Crippen LogP contribution is -2.33. The number of hydrogen-bond donors (Lipinski definition) is 0. The largest absolute Gasteiger partial charge is 0.491 e. The summed E-state index contributed by atoms with van der Waals surface area (Å²) in [6, 6.07) is 8.72. The summed E-state index contributed by atoms with van der Waals surface area (Å²) < 4.78 is 5.41. The van der Waals surface area contributed by atoms with E-state index in [9.17, 15) is 4.91 Å². The van der Waals surface area contributed by atoms with E-state index in [-0.39, 0.29) is 6.61 Å². The van der Waals surface area contributed by atoms with Gasteiger partial charge in [-0.1, -0.05) is 23.4 Å². The first-order valence-electron chi connectivity index (χ1n) is 4.73. The van der Waals surface area contributed by atoms with Crippen LogP contribution in [0.15, 0.2) is 35.5 Å². The van der Waals surface area contributed by atoms with Gasteiger partial charge in [0.15, 0.2) is 0 Å². The minimum Gasteiger partial charge on any atom is -0.491 e. The molecule has 0 N–H and O–H groups in total. The van der Waals surface area contributed by atoms with Crippen LogP contribution in [0.5, 0.6) is 5.75 Å². The van der Waals surface area contributed by atoms with Crippen LogP contribution in [0.2, 0.25) is 0 Å². The van der Waals surface area contributed by atoms with Crippen LogP contribution >= 0.6 is 11.6 Å². The smallest absolute Gasteiger partial charge is 0.144 e. The highest BCUT2D eigenvalue weighted by atomic mass is 35.5. The first-order valence-corrected chi connectivity index (χ1v) is 5.11. The van der Waals surface area contributed by atoms with Crippen LogP contribution in [0.1, 0.15) is 13.8 Å². The van der Waals surface area contributed by atoms with Gasteiger partial charge in [0, 0.05) is 0 Å². The molecule has 1 unspecified atom stereocenters. The lowest BCUT2D eigenvalue weighted by atomic mass is 10.1. The number of nitroso groups, excluding NO2 is 1. The summed E-state index contributed by atoms with van der Waals surface area (Å²) in [5, 5.41) is 2.97. The van der Waals surface area contributed by atoms with E-state index in [1.807, 2.05) is 30.3 Å². The van der Waals surface area contributed by atoms with Crippen molar-refractivity contribution in [1.29, 1.82) is 0 Å². The Bertz CT molecular complexity index is 308. The van der Waals surface area contributed by atoms with Crippen molar-refractivity contribution in [2.45, 2.75) is 24.8 Å². The molecule has 15 heavy (non-hydrogen) atoms. The van der Waals surface area contributed by atoms with Crippen LogP contribution in [-0.4, -0.2) is 17.5 Å². The molecular weight excluding hydrogens is 214 g/mol. The Labute approximate surface area is 94.4 Å². The highest BCUT2D eigenvalue weighted by Crippen LogP contribution is 2.22. The number of ether oxygens (including phenoxy) is 1. The van der Waals surface area contributed by atoms with Crippen molar-refractivity contribution in [3.63, 3.8) is 0 Å². The molecule has 0 spiro atoms. The second-order valence-corrected chi connectivity index (χ2v) is 4.78. The van der Waals surface area contributed by atoms with Crippen molar-refractivity contribution in [2.24, 2.45) is 5.18 Å². The summed E-state index contributed by atoms with van der Waals surface area (Å²) in [4.78, 5) is 9.87. The first-order chi connectivity index (χ1) is 7.04. The number of rotatable bonds is 5. The molecule has 0 aromatic heterocycles. The molecule has 3 nitrogen and oxygen atoms in total. The normalized spacial score (nSPS) is 13.3. The maximum Gasteiger partial charge on any atom is 0.144 e. The van der Waals surface area contributed by atoms with Crippen molar-refractivity contribution in [2.75, 3.05) is 6.61 Å². The number of halogens is 1. The summed E-state index contributed by atoms with van der Waals surface area (Å²) in [6.07, 6.45) is 0. The number of benzene rings is 1. The zero-order valence-electron chi connectivity index (χ0n) is 8.81. The quantitative estimate of drug-likeness (QED) is 0.572. The summed E-state index contributed by atoms with van der Waals surface area (Å²) in [6.45, 7) is 3.69. The molecule has 0 aliphatic heterocycles. The van der Waals surface area contributed by atoms with Crippen molar-refractivity contribution < 1.29 is 4.74 Å². The zero-order valence-corrected chi connectivity index (χ0v) is 9.57. The predicted molar refractivity (Wildman–Crippen MR) is 61.5 cm³/mol. The van der Waals surface area contributed by atoms with Gasteiger partial charge in [-0.05, 0) is 26.0 Å². The van der Waals surface area contributed by atoms with E-state index in [2.05, 4.69) is 5.18 Å². The minimum atomic E-state index is -0.684. The van der Waals surface area contributed by atoms with Crippen LogP contribution in [0.4, 0.5) is 0 Å². The van der Waals surface area contributed by atoms with Gasteiger partial charge >= 0.3 is 0 Å². The molecule has 0 aliphatic rings. The Morgan fingerprint density at radius 1 is 1.40 bits per heavy atom. The van der Waals surface area contributed by atoms with E-state index < -0.39 is 10.9 Å². The number of para-hydroxylation sites is 1. The molecule has 82 valence electrons. The molecule has 0 bridgehead atoms. The predicted octanol–water partition coefficient (Wildman–Crippen LogP) is 3.22. The number of alkyl halides is 1. The third-order valence-electron chi connectivity index (χ3n) is 2.07. The molecule has 1 rings (SSSR count). The summed E-state index contributed by atoms with van der Waals surface area (Å²) >= 11 is 5.99. The van der Waals surface area contributed by atoms with Crippen LogP contribution in [0.25, 0.3) is 0 Å². The van der Waals surface area contributed by atoms with Gasteiger partial charge in [-0.2, -0.15) is 4.91 Å². The second-order valence-electron chi connectivity index (χ2n) is 3.81. The standard InChI is InChI=1S/C11H14ClNO2/c1-11(2,12)10(13-14)8-15-9-6-4-3-5-7-9/h3-7,10H,8H2,1-2H3. The van der Waals surface area contributed by atoms with Gasteiger partial charge in [0.2, 0.25) is 0 Å². The summed E-state index contributed by atoms with van der Waals surface area (Å²) in [5.74, 6) is 0.715. The van der Waals surface area contributed by atoms with Gasteiger partial charge in [-0.15, -0.1) is 11.6 Å². The lowest BCUT2D eigenvalue weighted by molar-refractivity contribution is 0.268. The Kier molecular flexibility index (Phi) is 4.09. The Hall–Kier alpha value is -1.09. The van der Waals surface area contributed by atoms with E-state index in [1.165, 1.54) is 0 Å². The average Bonchev–Trinajstić information content (AvgIpc) is 2.18.